The first-order valence-corrected chi connectivity index (χ1v) is 5.02. The lowest BCUT2D eigenvalue weighted by molar-refractivity contribution is 0.349. The number of halogens is 2. The third-order valence-electron chi connectivity index (χ3n) is 2.26. The molecule has 0 bridgehead atoms. The van der Waals surface area contributed by atoms with Crippen LogP contribution in [0.3, 0.4) is 0 Å². The monoisotopic (exact) mass is 213 g/mol. The molecule has 0 fully saturated rings. The van der Waals surface area contributed by atoms with Gasteiger partial charge >= 0.3 is 0 Å². The highest BCUT2D eigenvalue weighted by atomic mass is 19.1. The van der Waals surface area contributed by atoms with Gasteiger partial charge in [-0.25, -0.2) is 8.78 Å². The van der Waals surface area contributed by atoms with Crippen molar-refractivity contribution in [2.45, 2.75) is 20.3 Å². The van der Waals surface area contributed by atoms with Gasteiger partial charge in [0.25, 0.3) is 0 Å². The van der Waals surface area contributed by atoms with Crippen molar-refractivity contribution in [1.82, 2.24) is 5.32 Å². The Bertz CT molecular complexity index is 314. The highest BCUT2D eigenvalue weighted by molar-refractivity contribution is 5.19. The Morgan fingerprint density at radius 1 is 1.13 bits per heavy atom. The van der Waals surface area contributed by atoms with Crippen LogP contribution in [0.2, 0.25) is 0 Å². The summed E-state index contributed by atoms with van der Waals surface area (Å²) in [7, 11) is 1.87. The van der Waals surface area contributed by atoms with E-state index in [0.717, 1.165) is 12.6 Å². The van der Waals surface area contributed by atoms with E-state index in [1.54, 1.807) is 0 Å². The van der Waals surface area contributed by atoms with Crippen molar-refractivity contribution in [3.05, 3.63) is 35.4 Å². The zero-order valence-electron chi connectivity index (χ0n) is 9.40. The second-order valence-electron chi connectivity index (χ2n) is 4.65. The fraction of sp³-hybridized carbons (Fsp3) is 0.500. The molecule has 3 heteroatoms. The smallest absolute Gasteiger partial charge is 0.126 e. The average molecular weight is 213 g/mol. The minimum absolute atomic E-state index is 0.00498. The van der Waals surface area contributed by atoms with Crippen LogP contribution in [0.25, 0.3) is 0 Å². The molecule has 0 aliphatic rings. The second kappa shape index (κ2) is 4.71. The van der Waals surface area contributed by atoms with Crippen molar-refractivity contribution < 1.29 is 8.78 Å². The second-order valence-corrected chi connectivity index (χ2v) is 4.65. The van der Waals surface area contributed by atoms with E-state index in [-0.39, 0.29) is 5.41 Å². The maximum Gasteiger partial charge on any atom is 0.126 e. The van der Waals surface area contributed by atoms with Gasteiger partial charge in [0, 0.05) is 12.6 Å². The maximum absolute atomic E-state index is 12.9. The van der Waals surface area contributed by atoms with Crippen LogP contribution >= 0.6 is 0 Å². The van der Waals surface area contributed by atoms with E-state index in [1.807, 2.05) is 7.05 Å². The van der Waals surface area contributed by atoms with Gasteiger partial charge in [0.2, 0.25) is 0 Å². The van der Waals surface area contributed by atoms with Gasteiger partial charge in [-0.05, 0) is 36.6 Å². The molecule has 0 aliphatic carbocycles. The molecule has 15 heavy (non-hydrogen) atoms. The summed E-state index contributed by atoms with van der Waals surface area (Å²) in [6.07, 6.45) is 0.655. The molecule has 84 valence electrons. The largest absolute Gasteiger partial charge is 0.319 e. The predicted molar refractivity (Wildman–Crippen MR) is 57.8 cm³/mol. The third kappa shape index (κ3) is 3.96. The number of rotatable bonds is 4. The SMILES string of the molecule is CNCC(C)(C)Cc1cc(F)cc(F)c1. The van der Waals surface area contributed by atoms with Crippen LogP contribution in [-0.4, -0.2) is 13.6 Å². The molecule has 0 unspecified atom stereocenters. The Hall–Kier alpha value is -0.960. The summed E-state index contributed by atoms with van der Waals surface area (Å²) < 4.78 is 25.9. The highest BCUT2D eigenvalue weighted by Gasteiger charge is 2.18. The number of hydrogen-bond acceptors (Lipinski definition) is 1. The van der Waals surface area contributed by atoms with E-state index in [1.165, 1.54) is 12.1 Å². The number of nitrogens with one attached hydrogen (secondary N) is 1. The first-order valence-electron chi connectivity index (χ1n) is 5.02. The summed E-state index contributed by atoms with van der Waals surface area (Å²) in [5, 5.41) is 3.07. The van der Waals surface area contributed by atoms with Crippen molar-refractivity contribution in [3.8, 4) is 0 Å². The number of benzene rings is 1. The summed E-state index contributed by atoms with van der Waals surface area (Å²) in [4.78, 5) is 0. The van der Waals surface area contributed by atoms with E-state index in [9.17, 15) is 8.78 Å². The van der Waals surface area contributed by atoms with Crippen LogP contribution in [0.5, 0.6) is 0 Å². The Morgan fingerprint density at radius 3 is 2.13 bits per heavy atom. The lowest BCUT2D eigenvalue weighted by Gasteiger charge is -2.24. The van der Waals surface area contributed by atoms with Crippen LogP contribution in [0.1, 0.15) is 19.4 Å². The van der Waals surface area contributed by atoms with E-state index >= 15 is 0 Å². The molecule has 0 aliphatic heterocycles. The van der Waals surface area contributed by atoms with Crippen LogP contribution in [-0.2, 0) is 6.42 Å². The minimum Gasteiger partial charge on any atom is -0.319 e. The van der Waals surface area contributed by atoms with E-state index < -0.39 is 11.6 Å². The molecule has 0 radical (unpaired) electrons. The molecular weight excluding hydrogens is 196 g/mol. The molecule has 0 spiro atoms. The molecule has 0 amide bonds. The van der Waals surface area contributed by atoms with Crippen molar-refractivity contribution in [1.29, 1.82) is 0 Å². The Labute approximate surface area is 89.5 Å². The fourth-order valence-electron chi connectivity index (χ4n) is 1.81. The van der Waals surface area contributed by atoms with E-state index in [2.05, 4.69) is 19.2 Å². The highest BCUT2D eigenvalue weighted by Crippen LogP contribution is 2.21. The molecule has 1 aromatic rings. The Morgan fingerprint density at radius 2 is 1.67 bits per heavy atom. The van der Waals surface area contributed by atoms with E-state index in [0.29, 0.717) is 12.0 Å². The molecular formula is C12H17F2N. The van der Waals surface area contributed by atoms with Gasteiger partial charge in [-0.1, -0.05) is 13.8 Å². The molecule has 0 heterocycles. The molecule has 0 atom stereocenters. The first-order chi connectivity index (χ1) is 6.93. The lowest BCUT2D eigenvalue weighted by Crippen LogP contribution is -2.28. The molecule has 1 rings (SSSR count). The zero-order chi connectivity index (χ0) is 11.5. The van der Waals surface area contributed by atoms with Gasteiger partial charge in [0.1, 0.15) is 11.6 Å². The number of hydrogen-bond donors (Lipinski definition) is 1. The van der Waals surface area contributed by atoms with Crippen LogP contribution in [0.4, 0.5) is 8.78 Å². The third-order valence-corrected chi connectivity index (χ3v) is 2.26. The lowest BCUT2D eigenvalue weighted by atomic mass is 9.85. The van der Waals surface area contributed by atoms with Gasteiger partial charge in [-0.2, -0.15) is 0 Å². The fourth-order valence-corrected chi connectivity index (χ4v) is 1.81. The quantitative estimate of drug-likeness (QED) is 0.811. The van der Waals surface area contributed by atoms with Gasteiger partial charge < -0.3 is 5.32 Å². The normalized spacial score (nSPS) is 11.8. The minimum atomic E-state index is -0.509. The van der Waals surface area contributed by atoms with Crippen LogP contribution in [0.15, 0.2) is 18.2 Å². The van der Waals surface area contributed by atoms with E-state index in [4.69, 9.17) is 0 Å². The van der Waals surface area contributed by atoms with Crippen LogP contribution < -0.4 is 5.32 Å². The Balaban J connectivity index is 2.80. The predicted octanol–water partition coefficient (Wildman–Crippen LogP) is 2.75. The topological polar surface area (TPSA) is 12.0 Å². The summed E-state index contributed by atoms with van der Waals surface area (Å²) in [6.45, 7) is 4.93. The van der Waals surface area contributed by atoms with Gasteiger partial charge in [0.15, 0.2) is 0 Å². The molecule has 1 aromatic carbocycles. The molecule has 0 saturated carbocycles. The Kier molecular flexibility index (Phi) is 3.80. The average Bonchev–Trinajstić information content (AvgIpc) is 1.99. The molecule has 1 nitrogen and oxygen atoms in total. The maximum atomic E-state index is 12.9. The van der Waals surface area contributed by atoms with Crippen molar-refractivity contribution in [3.63, 3.8) is 0 Å². The summed E-state index contributed by atoms with van der Waals surface area (Å²) in [6, 6.07) is 3.68. The standard InChI is InChI=1S/C12H17F2N/c1-12(2,8-15-3)7-9-4-10(13)6-11(14)5-9/h4-6,15H,7-8H2,1-3H3. The molecule has 0 saturated heterocycles. The van der Waals surface area contributed by atoms with Crippen molar-refractivity contribution in [2.24, 2.45) is 5.41 Å². The van der Waals surface area contributed by atoms with Crippen LogP contribution in [0, 0.1) is 17.0 Å². The van der Waals surface area contributed by atoms with Gasteiger partial charge in [0.05, 0.1) is 0 Å². The van der Waals surface area contributed by atoms with Crippen molar-refractivity contribution in [2.75, 3.05) is 13.6 Å². The summed E-state index contributed by atoms with van der Waals surface area (Å²) in [5.41, 5.74) is 0.697. The molecule has 0 aromatic heterocycles. The van der Waals surface area contributed by atoms with Crippen molar-refractivity contribution >= 4 is 0 Å². The zero-order valence-corrected chi connectivity index (χ0v) is 9.40. The van der Waals surface area contributed by atoms with Gasteiger partial charge in [-0.3, -0.25) is 0 Å². The first kappa shape index (κ1) is 12.1. The summed E-state index contributed by atoms with van der Waals surface area (Å²) in [5.74, 6) is -1.02. The summed E-state index contributed by atoms with van der Waals surface area (Å²) >= 11 is 0. The molecule has 1 N–H and O–H groups in total. The van der Waals surface area contributed by atoms with Gasteiger partial charge in [-0.15, -0.1) is 0 Å².